The molecule has 1 aliphatic rings. The minimum Gasteiger partial charge on any atom is -0.208 e. The molecule has 0 fully saturated rings. The van der Waals surface area contributed by atoms with Crippen molar-refractivity contribution in [3.05, 3.63) is 70.0 Å². The average Bonchev–Trinajstić information content (AvgIpc) is 3.20. The molecule has 0 aliphatic heterocycles. The molecule has 1 heterocycles. The normalized spacial score (nSPS) is 16.7. The van der Waals surface area contributed by atoms with E-state index in [4.69, 9.17) is 11.6 Å². The van der Waals surface area contributed by atoms with Gasteiger partial charge < -0.3 is 0 Å². The van der Waals surface area contributed by atoms with E-state index in [1.807, 2.05) is 6.07 Å². The zero-order chi connectivity index (χ0) is 19.6. The number of H-pyrrole nitrogens is 1. The number of hydrogen-bond acceptors (Lipinski definition) is 5. The van der Waals surface area contributed by atoms with E-state index in [9.17, 15) is 8.42 Å². The molecule has 0 amide bonds. The molecule has 9 heteroatoms. The maximum atomic E-state index is 12.6. The first-order valence-electron chi connectivity index (χ1n) is 9.11. The van der Waals surface area contributed by atoms with E-state index in [0.29, 0.717) is 17.3 Å². The van der Waals surface area contributed by atoms with Gasteiger partial charge in [0.05, 0.1) is 4.90 Å². The van der Waals surface area contributed by atoms with Crippen LogP contribution in [0.4, 0.5) is 0 Å². The Morgan fingerprint density at radius 2 is 1.96 bits per heavy atom. The van der Waals surface area contributed by atoms with Crippen LogP contribution in [0.15, 0.2) is 47.4 Å². The number of sulfonamides is 1. The molecule has 0 bridgehead atoms. The van der Waals surface area contributed by atoms with Gasteiger partial charge in [-0.3, -0.25) is 0 Å². The molecule has 0 spiro atoms. The van der Waals surface area contributed by atoms with Gasteiger partial charge in [-0.1, -0.05) is 35.0 Å². The van der Waals surface area contributed by atoms with Gasteiger partial charge in [0.15, 0.2) is 5.82 Å². The van der Waals surface area contributed by atoms with Crippen LogP contribution in [-0.2, 0) is 35.7 Å². The minimum atomic E-state index is -3.56. The van der Waals surface area contributed by atoms with E-state index in [1.165, 1.54) is 28.8 Å². The molecule has 1 aromatic heterocycles. The maximum Gasteiger partial charge on any atom is 0.240 e. The third-order valence-corrected chi connectivity index (χ3v) is 6.82. The smallest absolute Gasteiger partial charge is 0.208 e. The monoisotopic (exact) mass is 417 g/mol. The summed E-state index contributed by atoms with van der Waals surface area (Å²) in [4.78, 5) is 0.233. The summed E-state index contributed by atoms with van der Waals surface area (Å²) in [7, 11) is -3.56. The number of rotatable bonds is 6. The number of aromatic amines is 1. The molecule has 4 rings (SSSR count). The summed E-state index contributed by atoms with van der Waals surface area (Å²) in [5.41, 5.74) is 3.77. The lowest BCUT2D eigenvalue weighted by Gasteiger charge is -2.27. The van der Waals surface area contributed by atoms with Gasteiger partial charge in [0.25, 0.3) is 0 Å². The van der Waals surface area contributed by atoms with Crippen molar-refractivity contribution in [1.82, 2.24) is 25.3 Å². The molecule has 1 atom stereocenters. The van der Waals surface area contributed by atoms with Crippen LogP contribution in [0.3, 0.4) is 0 Å². The van der Waals surface area contributed by atoms with Crippen molar-refractivity contribution in [2.45, 2.75) is 43.0 Å². The van der Waals surface area contributed by atoms with Crippen molar-refractivity contribution in [3.63, 3.8) is 0 Å². The number of halogens is 1. The van der Waals surface area contributed by atoms with Crippen LogP contribution in [0.1, 0.15) is 28.9 Å². The van der Waals surface area contributed by atoms with Crippen molar-refractivity contribution in [1.29, 1.82) is 0 Å². The number of hydrogen-bond donors (Lipinski definition) is 2. The number of nitrogens with zero attached hydrogens (tertiary/aromatic N) is 3. The molecule has 0 saturated heterocycles. The van der Waals surface area contributed by atoms with Crippen LogP contribution in [0, 0.1) is 0 Å². The van der Waals surface area contributed by atoms with E-state index in [-0.39, 0.29) is 10.9 Å². The second-order valence-electron chi connectivity index (χ2n) is 6.90. The highest BCUT2D eigenvalue weighted by atomic mass is 35.5. The Morgan fingerprint density at radius 1 is 1.14 bits per heavy atom. The molecule has 0 saturated carbocycles. The van der Waals surface area contributed by atoms with Crippen LogP contribution in [0.2, 0.25) is 5.02 Å². The molecular weight excluding hydrogens is 398 g/mol. The molecule has 1 unspecified atom stereocenters. The lowest BCUT2D eigenvalue weighted by atomic mass is 9.85. The van der Waals surface area contributed by atoms with Crippen LogP contribution >= 0.6 is 11.6 Å². The number of benzene rings is 2. The summed E-state index contributed by atoms with van der Waals surface area (Å²) >= 11 is 5.85. The predicted octanol–water partition coefficient (Wildman–Crippen LogP) is 2.47. The summed E-state index contributed by atoms with van der Waals surface area (Å²) in [5.74, 6) is 0.696. The van der Waals surface area contributed by atoms with Gasteiger partial charge in [-0.05, 0) is 66.6 Å². The largest absolute Gasteiger partial charge is 0.240 e. The fourth-order valence-electron chi connectivity index (χ4n) is 3.66. The van der Waals surface area contributed by atoms with Crippen LogP contribution in [0.5, 0.6) is 0 Å². The SMILES string of the molecule is O=S(=O)(NC1CCc2c(CCc3nn[nH]n3)cccc2C1)c1ccc(Cl)cc1. The Morgan fingerprint density at radius 3 is 2.71 bits per heavy atom. The van der Waals surface area contributed by atoms with Crippen molar-refractivity contribution in [3.8, 4) is 0 Å². The van der Waals surface area contributed by atoms with Gasteiger partial charge >= 0.3 is 0 Å². The zero-order valence-corrected chi connectivity index (χ0v) is 16.7. The molecule has 7 nitrogen and oxygen atoms in total. The Balaban J connectivity index is 1.46. The molecule has 3 aromatic rings. The van der Waals surface area contributed by atoms with Crippen molar-refractivity contribution >= 4 is 21.6 Å². The van der Waals surface area contributed by atoms with Crippen LogP contribution in [0.25, 0.3) is 0 Å². The number of tetrazole rings is 1. The first kappa shape index (κ1) is 19.0. The van der Waals surface area contributed by atoms with Crippen LogP contribution < -0.4 is 4.72 Å². The quantitative estimate of drug-likeness (QED) is 0.641. The summed E-state index contributed by atoms with van der Waals surface area (Å²) in [6.45, 7) is 0. The fourth-order valence-corrected chi connectivity index (χ4v) is 5.05. The fraction of sp³-hybridized carbons (Fsp3) is 0.316. The third kappa shape index (κ3) is 4.24. The highest BCUT2D eigenvalue weighted by Gasteiger charge is 2.25. The lowest BCUT2D eigenvalue weighted by Crippen LogP contribution is -2.39. The predicted molar refractivity (Wildman–Crippen MR) is 106 cm³/mol. The minimum absolute atomic E-state index is 0.124. The van der Waals surface area contributed by atoms with Gasteiger partial charge in [-0.15, -0.1) is 10.2 Å². The number of aryl methyl sites for hydroxylation is 2. The summed E-state index contributed by atoms with van der Waals surface area (Å²) in [6.07, 6.45) is 3.84. The summed E-state index contributed by atoms with van der Waals surface area (Å²) in [6, 6.07) is 12.3. The Bertz CT molecular complexity index is 1050. The maximum absolute atomic E-state index is 12.6. The topological polar surface area (TPSA) is 101 Å². The molecule has 28 heavy (non-hydrogen) atoms. The lowest BCUT2D eigenvalue weighted by molar-refractivity contribution is 0.506. The zero-order valence-electron chi connectivity index (χ0n) is 15.1. The van der Waals surface area contributed by atoms with Gasteiger partial charge in [0, 0.05) is 17.5 Å². The highest BCUT2D eigenvalue weighted by molar-refractivity contribution is 7.89. The van der Waals surface area contributed by atoms with Crippen molar-refractivity contribution in [2.24, 2.45) is 0 Å². The van der Waals surface area contributed by atoms with Gasteiger partial charge in [0.1, 0.15) is 0 Å². The van der Waals surface area contributed by atoms with Gasteiger partial charge in [0.2, 0.25) is 10.0 Å². The van der Waals surface area contributed by atoms with Gasteiger partial charge in [-0.2, -0.15) is 5.21 Å². The van der Waals surface area contributed by atoms with Crippen molar-refractivity contribution in [2.75, 3.05) is 0 Å². The van der Waals surface area contributed by atoms with Crippen molar-refractivity contribution < 1.29 is 8.42 Å². The molecule has 2 aromatic carbocycles. The Kier molecular flexibility index (Phi) is 5.43. The van der Waals surface area contributed by atoms with E-state index in [0.717, 1.165) is 25.7 Å². The second-order valence-corrected chi connectivity index (χ2v) is 9.05. The van der Waals surface area contributed by atoms with E-state index in [1.54, 1.807) is 12.1 Å². The number of aromatic nitrogens is 4. The van der Waals surface area contributed by atoms with E-state index in [2.05, 4.69) is 37.5 Å². The third-order valence-electron chi connectivity index (χ3n) is 5.03. The second kappa shape index (κ2) is 7.98. The van der Waals surface area contributed by atoms with Crippen LogP contribution in [-0.4, -0.2) is 35.1 Å². The molecule has 146 valence electrons. The molecule has 0 radical (unpaired) electrons. The average molecular weight is 418 g/mol. The standard InChI is InChI=1S/C19H20ClN5O2S/c20-15-5-8-17(9-6-15)28(26,27)23-16-7-10-18-13(2-1-3-14(18)12-16)4-11-19-21-24-25-22-19/h1-3,5-6,8-9,16,23H,4,7,10-12H2,(H,21,22,24,25). The first-order valence-corrected chi connectivity index (χ1v) is 11.0. The molecular formula is C19H20ClN5O2S. The molecule has 1 aliphatic carbocycles. The number of nitrogens with one attached hydrogen (secondary N) is 2. The van der Waals surface area contributed by atoms with E-state index >= 15 is 0 Å². The Hall–Kier alpha value is -2.29. The first-order chi connectivity index (χ1) is 13.5. The Labute approximate surface area is 168 Å². The molecule has 2 N–H and O–H groups in total. The summed E-state index contributed by atoms with van der Waals surface area (Å²) in [5, 5.41) is 14.6. The number of fused-ring (bicyclic) bond motifs is 1. The van der Waals surface area contributed by atoms with Gasteiger partial charge in [-0.25, -0.2) is 13.1 Å². The van der Waals surface area contributed by atoms with E-state index < -0.39 is 10.0 Å². The highest BCUT2D eigenvalue weighted by Crippen LogP contribution is 2.26. The summed E-state index contributed by atoms with van der Waals surface area (Å²) < 4.78 is 28.1.